The molecule has 0 saturated carbocycles. The smallest absolute Gasteiger partial charge is 0.356 e. The minimum absolute atomic E-state index is 0.190. The molecule has 0 heterocycles. The first kappa shape index (κ1) is 25.0. The fraction of sp³-hybridized carbons (Fsp3) is 1.00. The molecule has 0 aliphatic heterocycles. The average molecular weight is 381 g/mol. The van der Waals surface area contributed by atoms with E-state index < -0.39 is 8.80 Å². The van der Waals surface area contributed by atoms with E-state index in [0.717, 1.165) is 38.1 Å². The monoisotopic (exact) mass is 380 g/mol. The van der Waals surface area contributed by atoms with Gasteiger partial charge >= 0.3 is 8.80 Å². The van der Waals surface area contributed by atoms with E-state index in [-0.39, 0.29) is 20.4 Å². The van der Waals surface area contributed by atoms with Crippen LogP contribution in [-0.2, 0) is 27.5 Å². The van der Waals surface area contributed by atoms with Crippen molar-refractivity contribution < 1.29 is 27.5 Å². The first-order valence-corrected chi connectivity index (χ1v) is 11.8. The summed E-state index contributed by atoms with van der Waals surface area (Å²) in [6.45, 7) is 11.0. The Hall–Kier alpha value is -0.0231. The van der Waals surface area contributed by atoms with Gasteiger partial charge in [0.15, 0.2) is 0 Å². The van der Waals surface area contributed by atoms with Gasteiger partial charge in [-0.1, -0.05) is 47.0 Å². The molecular formula is C18H40O6Si. The van der Waals surface area contributed by atoms with Crippen LogP contribution in [0.25, 0.3) is 0 Å². The number of hydrogen-bond acceptors (Lipinski definition) is 6. The lowest BCUT2D eigenvalue weighted by atomic mass is 10.2. The Morgan fingerprint density at radius 2 is 0.960 bits per heavy atom. The predicted molar refractivity (Wildman–Crippen MR) is 101 cm³/mol. The summed E-state index contributed by atoms with van der Waals surface area (Å²) in [7, 11) is -2.87. The molecule has 0 aromatic rings. The quantitative estimate of drug-likeness (QED) is 0.173. The van der Waals surface area contributed by atoms with Gasteiger partial charge in [-0.15, -0.1) is 0 Å². The Balaban J connectivity index is 4.62. The molecule has 0 atom stereocenters. The molecule has 0 N–H and O–H groups in total. The van der Waals surface area contributed by atoms with Crippen molar-refractivity contribution in [1.29, 1.82) is 0 Å². The minimum atomic E-state index is -2.87. The van der Waals surface area contributed by atoms with Gasteiger partial charge < -0.3 is 27.5 Å². The summed E-state index contributed by atoms with van der Waals surface area (Å²) in [4.78, 5) is 0. The molecule has 0 fully saturated rings. The topological polar surface area (TPSA) is 55.4 Å². The molecule has 6 nitrogen and oxygen atoms in total. The molecule has 0 bridgehead atoms. The summed E-state index contributed by atoms with van der Waals surface area (Å²) in [6.07, 6.45) is 7.41. The average Bonchev–Trinajstić information content (AvgIpc) is 2.63. The van der Waals surface area contributed by atoms with E-state index in [9.17, 15) is 0 Å². The second kappa shape index (κ2) is 18.8. The van der Waals surface area contributed by atoms with E-state index in [1.807, 2.05) is 0 Å². The van der Waals surface area contributed by atoms with Gasteiger partial charge in [-0.25, -0.2) is 0 Å². The Kier molecular flexibility index (Phi) is 18.7. The van der Waals surface area contributed by atoms with E-state index in [2.05, 4.69) is 27.7 Å². The zero-order valence-electron chi connectivity index (χ0n) is 16.8. The third kappa shape index (κ3) is 14.8. The van der Waals surface area contributed by atoms with E-state index in [1.54, 1.807) is 0 Å². The van der Waals surface area contributed by atoms with Crippen molar-refractivity contribution in [1.82, 2.24) is 0 Å². The van der Waals surface area contributed by atoms with Crippen LogP contribution in [0.15, 0.2) is 0 Å². The van der Waals surface area contributed by atoms with E-state index in [4.69, 9.17) is 27.5 Å². The largest absolute Gasteiger partial charge is 0.506 e. The molecule has 0 radical (unpaired) electrons. The second-order valence-corrected chi connectivity index (χ2v) is 8.74. The Morgan fingerprint density at radius 1 is 0.520 bits per heavy atom. The predicted octanol–water partition coefficient (Wildman–Crippen LogP) is 4.71. The molecule has 7 heteroatoms. The first-order chi connectivity index (χ1) is 12.2. The third-order valence-electron chi connectivity index (χ3n) is 3.47. The van der Waals surface area contributed by atoms with Crippen molar-refractivity contribution >= 4 is 8.80 Å². The number of unbranched alkanes of at least 4 members (excludes halogenated alkanes) is 3. The van der Waals surface area contributed by atoms with Gasteiger partial charge in [-0.05, 0) is 25.7 Å². The second-order valence-electron chi connectivity index (χ2n) is 6.00. The zero-order valence-corrected chi connectivity index (χ0v) is 17.8. The highest BCUT2D eigenvalue weighted by Gasteiger charge is 2.41. The van der Waals surface area contributed by atoms with Crippen molar-refractivity contribution in [2.75, 3.05) is 40.2 Å². The molecule has 0 amide bonds. The lowest BCUT2D eigenvalue weighted by molar-refractivity contribution is -0.104. The lowest BCUT2D eigenvalue weighted by Crippen LogP contribution is -2.47. The first-order valence-electron chi connectivity index (χ1n) is 9.89. The van der Waals surface area contributed by atoms with Crippen molar-refractivity contribution in [3.63, 3.8) is 0 Å². The van der Waals surface area contributed by atoms with Gasteiger partial charge in [0.2, 0.25) is 0 Å². The standard InChI is InChI=1S/C18H40O6Si/c1-5-9-10-11-15-25(22-16-19-12-6-2,23-17-20-13-7-3)24-18-21-14-8-4/h5-18H2,1-4H3. The maximum absolute atomic E-state index is 5.98. The maximum atomic E-state index is 5.98. The molecule has 152 valence electrons. The Labute approximate surface area is 155 Å². The van der Waals surface area contributed by atoms with Gasteiger partial charge in [0.05, 0.1) is 0 Å². The van der Waals surface area contributed by atoms with Crippen LogP contribution >= 0.6 is 0 Å². The van der Waals surface area contributed by atoms with Crippen LogP contribution in [0, 0.1) is 0 Å². The van der Waals surface area contributed by atoms with Gasteiger partial charge in [-0.3, -0.25) is 0 Å². The summed E-state index contributed by atoms with van der Waals surface area (Å²) in [5.41, 5.74) is 0. The van der Waals surface area contributed by atoms with E-state index >= 15 is 0 Å². The molecule has 0 saturated heterocycles. The van der Waals surface area contributed by atoms with Crippen LogP contribution in [0.5, 0.6) is 0 Å². The van der Waals surface area contributed by atoms with Crippen molar-refractivity contribution in [3.8, 4) is 0 Å². The van der Waals surface area contributed by atoms with Gasteiger partial charge in [0.25, 0.3) is 0 Å². The van der Waals surface area contributed by atoms with Gasteiger partial charge in [-0.2, -0.15) is 0 Å². The summed E-state index contributed by atoms with van der Waals surface area (Å²) in [5.74, 6) is 0. The molecule has 0 unspecified atom stereocenters. The molecule has 0 spiro atoms. The van der Waals surface area contributed by atoms with E-state index in [1.165, 1.54) is 12.8 Å². The molecular weight excluding hydrogens is 340 g/mol. The highest BCUT2D eigenvalue weighted by molar-refractivity contribution is 6.60. The molecule has 0 rings (SSSR count). The fourth-order valence-corrected chi connectivity index (χ4v) is 4.27. The third-order valence-corrected chi connectivity index (χ3v) is 6.11. The fourth-order valence-electron chi connectivity index (χ4n) is 2.11. The van der Waals surface area contributed by atoms with Crippen LogP contribution in [0.4, 0.5) is 0 Å². The summed E-state index contributed by atoms with van der Waals surface area (Å²) in [5, 5.41) is 0. The van der Waals surface area contributed by atoms with Crippen molar-refractivity contribution in [2.45, 2.75) is 78.7 Å². The van der Waals surface area contributed by atoms with Crippen molar-refractivity contribution in [3.05, 3.63) is 0 Å². The number of hydrogen-bond donors (Lipinski definition) is 0. The van der Waals surface area contributed by atoms with Gasteiger partial charge in [0, 0.05) is 25.9 Å². The van der Waals surface area contributed by atoms with E-state index in [0.29, 0.717) is 19.8 Å². The van der Waals surface area contributed by atoms with Crippen LogP contribution in [-0.4, -0.2) is 49.0 Å². The minimum Gasteiger partial charge on any atom is -0.356 e. The van der Waals surface area contributed by atoms with Gasteiger partial charge in [0.1, 0.15) is 20.4 Å². The highest BCUT2D eigenvalue weighted by atomic mass is 28.4. The Morgan fingerprint density at radius 3 is 1.32 bits per heavy atom. The van der Waals surface area contributed by atoms with Crippen LogP contribution in [0.1, 0.15) is 72.6 Å². The lowest BCUT2D eigenvalue weighted by Gasteiger charge is -2.29. The summed E-state index contributed by atoms with van der Waals surface area (Å²) in [6, 6.07) is 0.757. The highest BCUT2D eigenvalue weighted by Crippen LogP contribution is 2.21. The molecule has 25 heavy (non-hydrogen) atoms. The maximum Gasteiger partial charge on any atom is 0.506 e. The SMILES string of the molecule is CCCCCC[Si](OCOCCC)(OCOCCC)OCOCCC. The molecule has 0 aromatic heterocycles. The van der Waals surface area contributed by atoms with Crippen LogP contribution < -0.4 is 0 Å². The summed E-state index contributed by atoms with van der Waals surface area (Å²) < 4.78 is 34.4. The van der Waals surface area contributed by atoms with Crippen LogP contribution in [0.3, 0.4) is 0 Å². The van der Waals surface area contributed by atoms with Crippen molar-refractivity contribution in [2.24, 2.45) is 0 Å². The molecule has 0 aliphatic rings. The normalized spacial score (nSPS) is 12.0. The molecule has 0 aromatic carbocycles. The number of rotatable bonds is 20. The Bertz CT molecular complexity index is 214. The number of ether oxygens (including phenoxy) is 3. The summed E-state index contributed by atoms with van der Waals surface area (Å²) >= 11 is 0. The molecule has 0 aliphatic carbocycles. The zero-order chi connectivity index (χ0) is 18.6. The van der Waals surface area contributed by atoms with Crippen LogP contribution in [0.2, 0.25) is 6.04 Å².